The summed E-state index contributed by atoms with van der Waals surface area (Å²) >= 11 is 9.03. The minimum atomic E-state index is -1.27. The van der Waals surface area contributed by atoms with E-state index in [1.807, 2.05) is 0 Å². The fourth-order valence-electron chi connectivity index (χ4n) is 2.38. The molecule has 2 aromatic carbocycles. The molecular weight excluding hydrogens is 360 g/mol. The molecule has 2 aromatic rings. The number of carbonyl (C=O) groups excluding carboxylic acids is 2. The topological polar surface area (TPSA) is 71.4 Å². The number of rotatable bonds is 1. The number of fused-ring (bicyclic) bond motifs is 2. The SMILES string of the molecule is O=C1c2ccccc2C(=O)c2c1cc(Cl)c(C(=O)O)c2Br. The van der Waals surface area contributed by atoms with Gasteiger partial charge in [0, 0.05) is 26.7 Å². The van der Waals surface area contributed by atoms with Crippen molar-refractivity contribution in [2.45, 2.75) is 0 Å². The molecule has 0 unspecified atom stereocenters. The molecule has 1 aliphatic rings. The molecular formula is C15H6BrClO4. The summed E-state index contributed by atoms with van der Waals surface area (Å²) < 4.78 is 0.0327. The summed E-state index contributed by atoms with van der Waals surface area (Å²) in [6, 6.07) is 7.65. The quantitative estimate of drug-likeness (QED) is 0.715. The number of carboxylic acid groups (broad SMARTS) is 1. The smallest absolute Gasteiger partial charge is 0.338 e. The predicted octanol–water partition coefficient (Wildman–Crippen LogP) is 3.58. The van der Waals surface area contributed by atoms with Crippen LogP contribution in [0.2, 0.25) is 5.02 Å². The summed E-state index contributed by atoms with van der Waals surface area (Å²) in [6.45, 7) is 0. The molecule has 0 heterocycles. The van der Waals surface area contributed by atoms with Gasteiger partial charge in [0.15, 0.2) is 11.6 Å². The monoisotopic (exact) mass is 364 g/mol. The lowest BCUT2D eigenvalue weighted by atomic mass is 9.83. The van der Waals surface area contributed by atoms with Crippen LogP contribution < -0.4 is 0 Å². The Balaban J connectivity index is 2.39. The zero-order chi connectivity index (χ0) is 15.3. The lowest BCUT2D eigenvalue weighted by Gasteiger charge is -2.20. The van der Waals surface area contributed by atoms with Crippen molar-refractivity contribution in [2.75, 3.05) is 0 Å². The predicted molar refractivity (Wildman–Crippen MR) is 79.4 cm³/mol. The van der Waals surface area contributed by atoms with E-state index in [1.54, 1.807) is 24.3 Å². The van der Waals surface area contributed by atoms with Gasteiger partial charge in [0.1, 0.15) is 0 Å². The number of halogens is 2. The largest absolute Gasteiger partial charge is 0.478 e. The normalized spacial score (nSPS) is 12.9. The van der Waals surface area contributed by atoms with Crippen molar-refractivity contribution < 1.29 is 19.5 Å². The van der Waals surface area contributed by atoms with Crippen LogP contribution in [0, 0.1) is 0 Å². The summed E-state index contributed by atoms with van der Waals surface area (Å²) in [4.78, 5) is 36.3. The Hall–Kier alpha value is -1.98. The maximum Gasteiger partial charge on any atom is 0.338 e. The first-order valence-electron chi connectivity index (χ1n) is 5.87. The van der Waals surface area contributed by atoms with E-state index < -0.39 is 11.8 Å². The number of carboxylic acids is 1. The Morgan fingerprint density at radius 2 is 1.62 bits per heavy atom. The number of carbonyl (C=O) groups is 3. The van der Waals surface area contributed by atoms with Gasteiger partial charge in [-0.1, -0.05) is 35.9 Å². The van der Waals surface area contributed by atoms with Gasteiger partial charge < -0.3 is 5.11 Å². The standard InChI is InChI=1S/C15H6BrClO4/c16-12-10-8(5-9(17)11(12)15(20)21)13(18)6-3-1-2-4-7(6)14(10)19/h1-5H,(H,20,21). The third kappa shape index (κ3) is 1.92. The van der Waals surface area contributed by atoms with E-state index in [2.05, 4.69) is 15.9 Å². The third-order valence-corrected chi connectivity index (χ3v) is 4.41. The molecule has 1 N–H and O–H groups in total. The minimum absolute atomic E-state index is 0.0327. The second kappa shape index (κ2) is 4.79. The summed E-state index contributed by atoms with van der Waals surface area (Å²) in [5.74, 6) is -2.01. The summed E-state index contributed by atoms with van der Waals surface area (Å²) in [6.07, 6.45) is 0. The van der Waals surface area contributed by atoms with Gasteiger partial charge in [-0.2, -0.15) is 0 Å². The van der Waals surface area contributed by atoms with Crippen LogP contribution in [0.25, 0.3) is 0 Å². The van der Waals surface area contributed by atoms with Crippen LogP contribution in [-0.4, -0.2) is 22.6 Å². The highest BCUT2D eigenvalue weighted by molar-refractivity contribution is 9.10. The molecule has 21 heavy (non-hydrogen) atoms. The minimum Gasteiger partial charge on any atom is -0.478 e. The van der Waals surface area contributed by atoms with E-state index in [1.165, 1.54) is 6.07 Å². The number of hydrogen-bond acceptors (Lipinski definition) is 3. The van der Waals surface area contributed by atoms with Crippen LogP contribution >= 0.6 is 27.5 Å². The molecule has 0 spiro atoms. The van der Waals surface area contributed by atoms with Gasteiger partial charge in [-0.3, -0.25) is 9.59 Å². The molecule has 0 saturated carbocycles. The van der Waals surface area contributed by atoms with Crippen LogP contribution in [0.4, 0.5) is 0 Å². The van der Waals surface area contributed by atoms with Crippen molar-refractivity contribution in [1.82, 2.24) is 0 Å². The first-order valence-corrected chi connectivity index (χ1v) is 7.04. The molecule has 4 nitrogen and oxygen atoms in total. The van der Waals surface area contributed by atoms with Crippen LogP contribution in [0.3, 0.4) is 0 Å². The van der Waals surface area contributed by atoms with Gasteiger partial charge in [-0.15, -0.1) is 0 Å². The highest BCUT2D eigenvalue weighted by atomic mass is 79.9. The first-order chi connectivity index (χ1) is 9.93. The molecule has 0 bridgehead atoms. The van der Waals surface area contributed by atoms with Crippen molar-refractivity contribution in [3.05, 3.63) is 67.6 Å². The average Bonchev–Trinajstić information content (AvgIpc) is 2.44. The molecule has 1 aliphatic carbocycles. The molecule has 0 atom stereocenters. The van der Waals surface area contributed by atoms with Gasteiger partial charge in [-0.05, 0) is 22.0 Å². The number of ketones is 2. The van der Waals surface area contributed by atoms with Gasteiger partial charge in [0.05, 0.1) is 10.6 Å². The molecule has 0 aromatic heterocycles. The van der Waals surface area contributed by atoms with E-state index in [4.69, 9.17) is 11.6 Å². The zero-order valence-corrected chi connectivity index (χ0v) is 12.7. The Bertz CT molecular complexity index is 842. The third-order valence-electron chi connectivity index (χ3n) is 3.32. The fraction of sp³-hybridized carbons (Fsp3) is 0. The van der Waals surface area contributed by atoms with Crippen LogP contribution in [0.15, 0.2) is 34.8 Å². The second-order valence-electron chi connectivity index (χ2n) is 4.48. The molecule has 3 rings (SSSR count). The van der Waals surface area contributed by atoms with Crippen LogP contribution in [0.1, 0.15) is 42.2 Å². The number of aromatic carboxylic acids is 1. The molecule has 0 fully saturated rings. The van der Waals surface area contributed by atoms with Crippen LogP contribution in [0.5, 0.6) is 0 Å². The van der Waals surface area contributed by atoms with Crippen molar-refractivity contribution in [3.63, 3.8) is 0 Å². The van der Waals surface area contributed by atoms with Gasteiger partial charge in [0.25, 0.3) is 0 Å². The van der Waals surface area contributed by atoms with Crippen LogP contribution in [-0.2, 0) is 0 Å². The van der Waals surface area contributed by atoms with E-state index >= 15 is 0 Å². The Morgan fingerprint density at radius 1 is 1.05 bits per heavy atom. The van der Waals surface area contributed by atoms with Crippen molar-refractivity contribution in [1.29, 1.82) is 0 Å². The van der Waals surface area contributed by atoms with Crippen molar-refractivity contribution in [2.24, 2.45) is 0 Å². The molecule has 0 saturated heterocycles. The van der Waals surface area contributed by atoms with Crippen molar-refractivity contribution >= 4 is 45.1 Å². The molecule has 0 radical (unpaired) electrons. The van der Waals surface area contributed by atoms with E-state index in [0.717, 1.165) is 0 Å². The van der Waals surface area contributed by atoms with Gasteiger partial charge in [0.2, 0.25) is 0 Å². The average molecular weight is 366 g/mol. The molecule has 0 amide bonds. The Morgan fingerprint density at radius 3 is 2.19 bits per heavy atom. The number of benzene rings is 2. The summed E-state index contributed by atoms with van der Waals surface area (Å²) in [5.41, 5.74) is 0.479. The van der Waals surface area contributed by atoms with Gasteiger partial charge >= 0.3 is 5.97 Å². The summed E-state index contributed by atoms with van der Waals surface area (Å²) in [7, 11) is 0. The van der Waals surface area contributed by atoms with E-state index in [0.29, 0.717) is 5.56 Å². The molecule has 6 heteroatoms. The molecule has 104 valence electrons. The van der Waals surface area contributed by atoms with E-state index in [9.17, 15) is 19.5 Å². The maximum atomic E-state index is 12.5. The highest BCUT2D eigenvalue weighted by Gasteiger charge is 2.34. The maximum absolute atomic E-state index is 12.5. The van der Waals surface area contributed by atoms with Crippen molar-refractivity contribution in [3.8, 4) is 0 Å². The summed E-state index contributed by atoms with van der Waals surface area (Å²) in [5, 5.41) is 9.10. The lowest BCUT2D eigenvalue weighted by molar-refractivity contribution is 0.0695. The Kier molecular flexibility index (Phi) is 3.19. The Labute approximate surface area is 132 Å². The lowest BCUT2D eigenvalue weighted by Crippen LogP contribution is -2.22. The molecule has 0 aliphatic heterocycles. The first kappa shape index (κ1) is 14.0. The highest BCUT2D eigenvalue weighted by Crippen LogP contribution is 2.37. The second-order valence-corrected chi connectivity index (χ2v) is 5.68. The van der Waals surface area contributed by atoms with E-state index in [-0.39, 0.29) is 37.5 Å². The fourth-order valence-corrected chi connectivity index (χ4v) is 3.55. The number of hydrogen-bond donors (Lipinski definition) is 1. The van der Waals surface area contributed by atoms with Gasteiger partial charge in [-0.25, -0.2) is 4.79 Å². The zero-order valence-electron chi connectivity index (χ0n) is 10.3.